The zero-order chi connectivity index (χ0) is 16.3. The van der Waals surface area contributed by atoms with Crippen LogP contribution in [-0.4, -0.2) is 24.4 Å². The first-order valence-corrected chi connectivity index (χ1v) is 7.80. The number of amides is 2. The summed E-state index contributed by atoms with van der Waals surface area (Å²) < 4.78 is 0. The lowest BCUT2D eigenvalue weighted by Crippen LogP contribution is -2.47. The van der Waals surface area contributed by atoms with Crippen molar-refractivity contribution in [2.75, 3.05) is 6.54 Å². The highest BCUT2D eigenvalue weighted by Crippen LogP contribution is 2.35. The van der Waals surface area contributed by atoms with Gasteiger partial charge in [0.2, 0.25) is 11.8 Å². The Hall–Kier alpha value is -1.59. The maximum absolute atomic E-state index is 12.1. The van der Waals surface area contributed by atoms with Crippen LogP contribution in [0.4, 0.5) is 0 Å². The zero-order valence-corrected chi connectivity index (χ0v) is 14.7. The topological polar surface area (TPSA) is 84.2 Å². The molecule has 0 saturated heterocycles. The SMILES string of the molecule is CC1Cc2ccccc2C1NC(=O)CNC(=O)[C@@H](N)C(C)C.Cl. The van der Waals surface area contributed by atoms with Crippen molar-refractivity contribution < 1.29 is 9.59 Å². The average Bonchev–Trinajstić information content (AvgIpc) is 2.80. The van der Waals surface area contributed by atoms with E-state index in [-0.39, 0.29) is 42.7 Å². The first-order chi connectivity index (χ1) is 10.4. The average molecular weight is 340 g/mol. The summed E-state index contributed by atoms with van der Waals surface area (Å²) in [5.74, 6) is -0.0670. The second kappa shape index (κ2) is 8.31. The molecule has 4 N–H and O–H groups in total. The summed E-state index contributed by atoms with van der Waals surface area (Å²) in [6, 6.07) is 7.58. The quantitative estimate of drug-likeness (QED) is 0.761. The van der Waals surface area contributed by atoms with Crippen molar-refractivity contribution in [3.63, 3.8) is 0 Å². The minimum absolute atomic E-state index is 0. The van der Waals surface area contributed by atoms with Crippen molar-refractivity contribution >= 4 is 24.2 Å². The molecule has 3 atom stereocenters. The molecule has 2 rings (SSSR count). The van der Waals surface area contributed by atoms with Gasteiger partial charge in [-0.1, -0.05) is 45.0 Å². The number of fused-ring (bicyclic) bond motifs is 1. The predicted octanol–water partition coefficient (Wildman–Crippen LogP) is 1.56. The van der Waals surface area contributed by atoms with Crippen LogP contribution in [0.2, 0.25) is 0 Å². The molecule has 6 heteroatoms. The second-order valence-electron chi connectivity index (χ2n) is 6.41. The van der Waals surface area contributed by atoms with Crippen molar-refractivity contribution in [3.8, 4) is 0 Å². The largest absolute Gasteiger partial charge is 0.347 e. The predicted molar refractivity (Wildman–Crippen MR) is 93.3 cm³/mol. The number of hydrogen-bond donors (Lipinski definition) is 3. The Kier molecular flexibility index (Phi) is 7.03. The third-order valence-electron chi connectivity index (χ3n) is 4.26. The number of nitrogens with two attached hydrogens (primary N) is 1. The van der Waals surface area contributed by atoms with Gasteiger partial charge in [0.25, 0.3) is 0 Å². The van der Waals surface area contributed by atoms with E-state index in [9.17, 15) is 9.59 Å². The molecule has 0 saturated carbocycles. The number of benzene rings is 1. The van der Waals surface area contributed by atoms with Crippen LogP contribution < -0.4 is 16.4 Å². The minimum atomic E-state index is -0.584. The molecule has 5 nitrogen and oxygen atoms in total. The fourth-order valence-corrected chi connectivity index (χ4v) is 2.83. The van der Waals surface area contributed by atoms with Gasteiger partial charge in [0.05, 0.1) is 18.6 Å². The summed E-state index contributed by atoms with van der Waals surface area (Å²) >= 11 is 0. The maximum Gasteiger partial charge on any atom is 0.239 e. The Balaban J connectivity index is 0.00000264. The first-order valence-electron chi connectivity index (χ1n) is 7.80. The highest BCUT2D eigenvalue weighted by Gasteiger charge is 2.30. The van der Waals surface area contributed by atoms with Crippen LogP contribution in [0.25, 0.3) is 0 Å². The van der Waals surface area contributed by atoms with Gasteiger partial charge in [-0.25, -0.2) is 0 Å². The Morgan fingerprint density at radius 3 is 2.61 bits per heavy atom. The van der Waals surface area contributed by atoms with Crippen LogP contribution in [0.3, 0.4) is 0 Å². The molecule has 0 heterocycles. The number of hydrogen-bond acceptors (Lipinski definition) is 3. The highest BCUT2D eigenvalue weighted by molar-refractivity contribution is 5.87. The molecule has 0 fully saturated rings. The van der Waals surface area contributed by atoms with E-state index in [0.29, 0.717) is 5.92 Å². The van der Waals surface area contributed by atoms with Gasteiger partial charge < -0.3 is 16.4 Å². The van der Waals surface area contributed by atoms with E-state index in [4.69, 9.17) is 5.73 Å². The smallest absolute Gasteiger partial charge is 0.239 e. The van der Waals surface area contributed by atoms with Crippen molar-refractivity contribution in [1.29, 1.82) is 0 Å². The van der Waals surface area contributed by atoms with Gasteiger partial charge in [-0.2, -0.15) is 0 Å². The van der Waals surface area contributed by atoms with Crippen molar-refractivity contribution in [2.24, 2.45) is 17.6 Å². The summed E-state index contributed by atoms with van der Waals surface area (Å²) in [5.41, 5.74) is 8.21. The van der Waals surface area contributed by atoms with Crippen LogP contribution in [-0.2, 0) is 16.0 Å². The number of nitrogens with one attached hydrogen (secondary N) is 2. The van der Waals surface area contributed by atoms with Crippen LogP contribution >= 0.6 is 12.4 Å². The number of carbonyl (C=O) groups excluding carboxylic acids is 2. The number of carbonyl (C=O) groups is 2. The third-order valence-corrected chi connectivity index (χ3v) is 4.26. The Labute approximate surface area is 143 Å². The molecular formula is C17H26ClN3O2. The summed E-state index contributed by atoms with van der Waals surface area (Å²) in [6.07, 6.45) is 0.964. The Morgan fingerprint density at radius 2 is 1.96 bits per heavy atom. The molecule has 128 valence electrons. The lowest BCUT2D eigenvalue weighted by Gasteiger charge is -2.20. The molecule has 0 aliphatic heterocycles. The van der Waals surface area contributed by atoms with Gasteiger partial charge in [0, 0.05) is 0 Å². The van der Waals surface area contributed by atoms with Crippen LogP contribution in [0.1, 0.15) is 37.9 Å². The maximum atomic E-state index is 12.1. The van der Waals surface area contributed by atoms with Crippen molar-refractivity contribution in [1.82, 2.24) is 10.6 Å². The molecule has 0 radical (unpaired) electrons. The van der Waals surface area contributed by atoms with E-state index in [1.165, 1.54) is 11.1 Å². The molecule has 1 aliphatic carbocycles. The Bertz CT molecular complexity index is 563. The Morgan fingerprint density at radius 1 is 1.30 bits per heavy atom. The molecule has 1 aliphatic rings. The van der Waals surface area contributed by atoms with Crippen LogP contribution in [0.5, 0.6) is 0 Å². The van der Waals surface area contributed by atoms with Gasteiger partial charge in [0.1, 0.15) is 0 Å². The normalized spacial score (nSPS) is 20.4. The highest BCUT2D eigenvalue weighted by atomic mass is 35.5. The van der Waals surface area contributed by atoms with E-state index < -0.39 is 6.04 Å². The molecule has 0 bridgehead atoms. The molecule has 0 aromatic heterocycles. The molecule has 23 heavy (non-hydrogen) atoms. The van der Waals surface area contributed by atoms with Crippen LogP contribution in [0.15, 0.2) is 24.3 Å². The fourth-order valence-electron chi connectivity index (χ4n) is 2.83. The van der Waals surface area contributed by atoms with Gasteiger partial charge in [-0.05, 0) is 29.4 Å². The van der Waals surface area contributed by atoms with E-state index in [1.807, 2.05) is 26.0 Å². The van der Waals surface area contributed by atoms with E-state index in [2.05, 4.69) is 29.7 Å². The van der Waals surface area contributed by atoms with Crippen molar-refractivity contribution in [3.05, 3.63) is 35.4 Å². The summed E-state index contributed by atoms with van der Waals surface area (Å²) in [7, 11) is 0. The first kappa shape index (κ1) is 19.5. The minimum Gasteiger partial charge on any atom is -0.347 e. The zero-order valence-electron chi connectivity index (χ0n) is 13.8. The molecule has 1 aromatic carbocycles. The molecule has 2 amide bonds. The van der Waals surface area contributed by atoms with Crippen LogP contribution in [0, 0.1) is 11.8 Å². The summed E-state index contributed by atoms with van der Waals surface area (Å²) in [4.78, 5) is 23.9. The molecular weight excluding hydrogens is 314 g/mol. The number of halogens is 1. The van der Waals surface area contributed by atoms with Gasteiger partial charge in [-0.15, -0.1) is 12.4 Å². The van der Waals surface area contributed by atoms with E-state index >= 15 is 0 Å². The van der Waals surface area contributed by atoms with E-state index in [1.54, 1.807) is 0 Å². The van der Waals surface area contributed by atoms with Gasteiger partial charge in [0.15, 0.2) is 0 Å². The summed E-state index contributed by atoms with van der Waals surface area (Å²) in [5, 5.41) is 5.61. The lowest BCUT2D eigenvalue weighted by atomic mass is 10.0. The summed E-state index contributed by atoms with van der Waals surface area (Å²) in [6.45, 7) is 5.84. The van der Waals surface area contributed by atoms with Gasteiger partial charge >= 0.3 is 0 Å². The fraction of sp³-hybridized carbons (Fsp3) is 0.529. The van der Waals surface area contributed by atoms with E-state index in [0.717, 1.165) is 6.42 Å². The lowest BCUT2D eigenvalue weighted by molar-refractivity contribution is -0.127. The standard InChI is InChI=1S/C17H25N3O2.ClH/c1-10(2)15(18)17(22)19-9-14(21)20-16-11(3)8-12-6-4-5-7-13(12)16;/h4-7,10-11,15-16H,8-9,18H2,1-3H3,(H,19,22)(H,20,21);1H/t11?,15-,16?;/m0./s1. The third kappa shape index (κ3) is 4.69. The monoisotopic (exact) mass is 339 g/mol. The molecule has 0 spiro atoms. The molecule has 1 aromatic rings. The van der Waals surface area contributed by atoms with Gasteiger partial charge in [-0.3, -0.25) is 9.59 Å². The molecule has 2 unspecified atom stereocenters. The second-order valence-corrected chi connectivity index (χ2v) is 6.41. The number of rotatable bonds is 5. The van der Waals surface area contributed by atoms with Crippen molar-refractivity contribution in [2.45, 2.75) is 39.3 Å².